The van der Waals surface area contributed by atoms with E-state index in [1.807, 2.05) is 25.1 Å². The van der Waals surface area contributed by atoms with E-state index >= 15 is 0 Å². The second-order valence-electron chi connectivity index (χ2n) is 4.59. The number of rotatable bonds is 4. The Morgan fingerprint density at radius 3 is 2.63 bits per heavy atom. The van der Waals surface area contributed by atoms with Crippen LogP contribution in [0.25, 0.3) is 0 Å². The van der Waals surface area contributed by atoms with Crippen LogP contribution in [0.2, 0.25) is 0 Å². The van der Waals surface area contributed by atoms with E-state index in [1.54, 1.807) is 11.3 Å². The van der Waals surface area contributed by atoms with E-state index in [-0.39, 0.29) is 5.91 Å². The molecule has 100 valence electrons. The van der Waals surface area contributed by atoms with Gasteiger partial charge in [-0.1, -0.05) is 6.07 Å². The van der Waals surface area contributed by atoms with Crippen molar-refractivity contribution < 1.29 is 4.79 Å². The molecule has 2 N–H and O–H groups in total. The van der Waals surface area contributed by atoms with Gasteiger partial charge in [-0.3, -0.25) is 4.79 Å². The smallest absolute Gasteiger partial charge is 0.221 e. The van der Waals surface area contributed by atoms with Crippen LogP contribution in [-0.4, -0.2) is 5.91 Å². The van der Waals surface area contributed by atoms with E-state index < -0.39 is 0 Å². The van der Waals surface area contributed by atoms with Crippen molar-refractivity contribution in [1.29, 1.82) is 0 Å². The molecule has 2 aromatic rings. The molecule has 0 aliphatic heterocycles. The van der Waals surface area contributed by atoms with Gasteiger partial charge in [-0.05, 0) is 48.6 Å². The second-order valence-corrected chi connectivity index (χ2v) is 5.59. The molecule has 2 rings (SSSR count). The molecule has 1 aromatic heterocycles. The van der Waals surface area contributed by atoms with Gasteiger partial charge in [0.2, 0.25) is 5.91 Å². The van der Waals surface area contributed by atoms with Crippen molar-refractivity contribution in [3.8, 4) is 0 Å². The fourth-order valence-electron chi connectivity index (χ4n) is 1.82. The zero-order valence-electron chi connectivity index (χ0n) is 11.4. The third-order valence-corrected chi connectivity index (χ3v) is 3.99. The molecule has 0 unspecified atom stereocenters. The Kier molecular flexibility index (Phi) is 4.22. The highest BCUT2D eigenvalue weighted by molar-refractivity contribution is 7.10. The largest absolute Gasteiger partial charge is 0.380 e. The van der Waals surface area contributed by atoms with E-state index in [0.717, 1.165) is 23.5 Å². The number of carbonyl (C=O) groups is 1. The van der Waals surface area contributed by atoms with Crippen LogP contribution >= 0.6 is 11.3 Å². The Morgan fingerprint density at radius 1 is 1.21 bits per heavy atom. The van der Waals surface area contributed by atoms with Gasteiger partial charge in [0.1, 0.15) is 0 Å². The van der Waals surface area contributed by atoms with Gasteiger partial charge >= 0.3 is 0 Å². The van der Waals surface area contributed by atoms with Gasteiger partial charge in [0.15, 0.2) is 0 Å². The molecule has 0 saturated carbocycles. The van der Waals surface area contributed by atoms with Crippen molar-refractivity contribution in [3.63, 3.8) is 0 Å². The van der Waals surface area contributed by atoms with Gasteiger partial charge in [0.25, 0.3) is 0 Å². The van der Waals surface area contributed by atoms with Crippen LogP contribution in [0.5, 0.6) is 0 Å². The van der Waals surface area contributed by atoms with Crippen molar-refractivity contribution in [2.75, 3.05) is 10.6 Å². The summed E-state index contributed by atoms with van der Waals surface area (Å²) in [5.41, 5.74) is 4.25. The molecule has 1 amide bonds. The maximum absolute atomic E-state index is 11.1. The van der Waals surface area contributed by atoms with Gasteiger partial charge < -0.3 is 10.6 Å². The minimum atomic E-state index is -0.0469. The van der Waals surface area contributed by atoms with E-state index in [0.29, 0.717) is 0 Å². The Balaban J connectivity index is 2.08. The Hall–Kier alpha value is -1.81. The zero-order valence-corrected chi connectivity index (χ0v) is 12.2. The number of hydrogen-bond acceptors (Lipinski definition) is 3. The summed E-state index contributed by atoms with van der Waals surface area (Å²) in [6.45, 7) is 6.44. The minimum Gasteiger partial charge on any atom is -0.380 e. The summed E-state index contributed by atoms with van der Waals surface area (Å²) in [5, 5.41) is 8.33. The van der Waals surface area contributed by atoms with Crippen LogP contribution < -0.4 is 10.6 Å². The standard InChI is InChI=1S/C15H18N2OS/c1-10-4-5-13(8-14(10)17-12(3)18)16-9-15-11(2)6-7-19-15/h4-8,16H,9H2,1-3H3,(H,17,18). The first-order valence-electron chi connectivity index (χ1n) is 6.21. The van der Waals surface area contributed by atoms with E-state index in [1.165, 1.54) is 17.4 Å². The molecule has 0 bridgehead atoms. The molecule has 19 heavy (non-hydrogen) atoms. The summed E-state index contributed by atoms with van der Waals surface area (Å²) >= 11 is 1.75. The number of carbonyl (C=O) groups excluding carboxylic acids is 1. The number of hydrogen-bond donors (Lipinski definition) is 2. The highest BCUT2D eigenvalue weighted by Gasteiger charge is 2.03. The topological polar surface area (TPSA) is 41.1 Å². The van der Waals surface area contributed by atoms with Gasteiger partial charge in [0.05, 0.1) is 0 Å². The Labute approximate surface area is 117 Å². The molecule has 1 heterocycles. The lowest BCUT2D eigenvalue weighted by Crippen LogP contribution is -2.08. The molecule has 0 aliphatic carbocycles. The Morgan fingerprint density at radius 2 is 2.00 bits per heavy atom. The zero-order chi connectivity index (χ0) is 13.8. The van der Waals surface area contributed by atoms with Crippen molar-refractivity contribution in [3.05, 3.63) is 45.6 Å². The number of anilines is 2. The predicted molar refractivity (Wildman–Crippen MR) is 81.9 cm³/mol. The number of thiophene rings is 1. The fraction of sp³-hybridized carbons (Fsp3) is 0.267. The molecular weight excluding hydrogens is 256 g/mol. The average molecular weight is 274 g/mol. The number of amides is 1. The first-order chi connectivity index (χ1) is 9.06. The molecule has 0 fully saturated rings. The third-order valence-electron chi connectivity index (χ3n) is 2.97. The maximum atomic E-state index is 11.1. The summed E-state index contributed by atoms with van der Waals surface area (Å²) in [6, 6.07) is 8.14. The lowest BCUT2D eigenvalue weighted by atomic mass is 10.1. The predicted octanol–water partition coefficient (Wildman–Crippen LogP) is 3.94. The first kappa shape index (κ1) is 13.6. The monoisotopic (exact) mass is 274 g/mol. The van der Waals surface area contributed by atoms with E-state index in [2.05, 4.69) is 29.0 Å². The Bertz CT molecular complexity index is 590. The van der Waals surface area contributed by atoms with Crippen molar-refractivity contribution >= 4 is 28.6 Å². The van der Waals surface area contributed by atoms with Crippen molar-refractivity contribution in [2.45, 2.75) is 27.3 Å². The molecule has 0 aliphatic rings. The highest BCUT2D eigenvalue weighted by atomic mass is 32.1. The first-order valence-corrected chi connectivity index (χ1v) is 7.09. The van der Waals surface area contributed by atoms with Crippen molar-refractivity contribution in [2.24, 2.45) is 0 Å². The molecule has 0 spiro atoms. The quantitative estimate of drug-likeness (QED) is 0.886. The molecule has 1 aromatic carbocycles. The fourth-order valence-corrected chi connectivity index (χ4v) is 2.67. The molecule has 0 atom stereocenters. The molecule has 0 radical (unpaired) electrons. The van der Waals surface area contributed by atoms with Gasteiger partial charge in [0, 0.05) is 29.7 Å². The number of nitrogens with one attached hydrogen (secondary N) is 2. The van der Waals surface area contributed by atoms with E-state index in [9.17, 15) is 4.79 Å². The summed E-state index contributed by atoms with van der Waals surface area (Å²) in [4.78, 5) is 12.5. The van der Waals surface area contributed by atoms with Gasteiger partial charge in [-0.2, -0.15) is 0 Å². The maximum Gasteiger partial charge on any atom is 0.221 e. The molecular formula is C15H18N2OS. The SMILES string of the molecule is CC(=O)Nc1cc(NCc2sccc2C)ccc1C. The lowest BCUT2D eigenvalue weighted by Gasteiger charge is -2.11. The lowest BCUT2D eigenvalue weighted by molar-refractivity contribution is -0.114. The van der Waals surface area contributed by atoms with Crippen LogP contribution in [0, 0.1) is 13.8 Å². The number of aryl methyl sites for hydroxylation is 2. The highest BCUT2D eigenvalue weighted by Crippen LogP contribution is 2.22. The van der Waals surface area contributed by atoms with Crippen LogP contribution in [0.1, 0.15) is 22.9 Å². The minimum absolute atomic E-state index is 0.0469. The van der Waals surface area contributed by atoms with Crippen LogP contribution in [0.3, 0.4) is 0 Å². The average Bonchev–Trinajstić information content (AvgIpc) is 2.75. The van der Waals surface area contributed by atoms with E-state index in [4.69, 9.17) is 0 Å². The molecule has 4 heteroatoms. The van der Waals surface area contributed by atoms with Crippen LogP contribution in [-0.2, 0) is 11.3 Å². The summed E-state index contributed by atoms with van der Waals surface area (Å²) in [7, 11) is 0. The van der Waals surface area contributed by atoms with Gasteiger partial charge in [-0.25, -0.2) is 0 Å². The van der Waals surface area contributed by atoms with Gasteiger partial charge in [-0.15, -0.1) is 11.3 Å². The summed E-state index contributed by atoms with van der Waals surface area (Å²) in [6.07, 6.45) is 0. The third kappa shape index (κ3) is 3.58. The van der Waals surface area contributed by atoms with Crippen molar-refractivity contribution in [1.82, 2.24) is 0 Å². The second kappa shape index (κ2) is 5.89. The number of benzene rings is 1. The summed E-state index contributed by atoms with van der Waals surface area (Å²) in [5.74, 6) is -0.0469. The van der Waals surface area contributed by atoms with Crippen LogP contribution in [0.4, 0.5) is 11.4 Å². The molecule has 0 saturated heterocycles. The van der Waals surface area contributed by atoms with Crippen LogP contribution in [0.15, 0.2) is 29.6 Å². The normalized spacial score (nSPS) is 10.3. The summed E-state index contributed by atoms with van der Waals surface area (Å²) < 4.78 is 0. The molecule has 3 nitrogen and oxygen atoms in total.